The number of ether oxygens (including phenoxy) is 1. The predicted molar refractivity (Wildman–Crippen MR) is 105 cm³/mol. The molecule has 128 valence electrons. The van der Waals surface area contributed by atoms with E-state index in [0.717, 1.165) is 21.9 Å². The molecule has 0 aliphatic rings. The summed E-state index contributed by atoms with van der Waals surface area (Å²) < 4.78 is 5.65. The maximum Gasteiger partial charge on any atom is 0.250 e. The summed E-state index contributed by atoms with van der Waals surface area (Å²) in [5, 5.41) is 7.34. The number of hydrogen-bond acceptors (Lipinski definition) is 5. The zero-order valence-electron chi connectivity index (χ0n) is 13.9. The molecule has 0 aliphatic carbocycles. The number of carbonyl (C=O) groups excluding carboxylic acids is 1. The summed E-state index contributed by atoms with van der Waals surface area (Å²) in [6.45, 7) is 3.96. The summed E-state index contributed by atoms with van der Waals surface area (Å²) in [5.41, 5.74) is 1.80. The van der Waals surface area contributed by atoms with Crippen molar-refractivity contribution in [3.05, 3.63) is 58.8 Å². The third kappa shape index (κ3) is 5.01. The molecule has 2 aromatic heterocycles. The quantitative estimate of drug-likeness (QED) is 0.598. The van der Waals surface area contributed by atoms with Gasteiger partial charge in [0.2, 0.25) is 5.91 Å². The molecule has 1 N–H and O–H groups in total. The smallest absolute Gasteiger partial charge is 0.250 e. The number of thiazole rings is 1. The number of benzene rings is 1. The summed E-state index contributed by atoms with van der Waals surface area (Å²) in [7, 11) is 0. The molecule has 6 heteroatoms. The van der Waals surface area contributed by atoms with Crippen LogP contribution in [-0.4, -0.2) is 17.0 Å². The molecule has 0 radical (unpaired) electrons. The highest BCUT2D eigenvalue weighted by Gasteiger charge is 2.07. The number of thiophene rings is 1. The molecule has 2 heterocycles. The van der Waals surface area contributed by atoms with Crippen LogP contribution in [0, 0.1) is 0 Å². The molecule has 25 heavy (non-hydrogen) atoms. The lowest BCUT2D eigenvalue weighted by Crippen LogP contribution is -2.07. The Kier molecular flexibility index (Phi) is 5.63. The van der Waals surface area contributed by atoms with Gasteiger partial charge in [0, 0.05) is 11.5 Å². The van der Waals surface area contributed by atoms with E-state index in [0.29, 0.717) is 5.13 Å². The lowest BCUT2D eigenvalue weighted by Gasteiger charge is -2.09. The Morgan fingerprint density at radius 1 is 1.24 bits per heavy atom. The zero-order chi connectivity index (χ0) is 17.6. The Hall–Kier alpha value is -2.44. The molecule has 3 rings (SSSR count). The second-order valence-corrected chi connectivity index (χ2v) is 7.38. The Balaban J connectivity index is 1.62. The Morgan fingerprint density at radius 3 is 2.88 bits per heavy atom. The first-order valence-electron chi connectivity index (χ1n) is 7.85. The van der Waals surface area contributed by atoms with E-state index in [1.807, 2.05) is 61.0 Å². The first kappa shape index (κ1) is 17.4. The third-order valence-electron chi connectivity index (χ3n) is 3.16. The molecule has 0 bridgehead atoms. The Labute approximate surface area is 154 Å². The van der Waals surface area contributed by atoms with Gasteiger partial charge in [0.1, 0.15) is 5.75 Å². The highest BCUT2D eigenvalue weighted by molar-refractivity contribution is 7.16. The number of nitrogens with one attached hydrogen (secondary N) is 1. The maximum absolute atomic E-state index is 12.1. The third-order valence-corrected chi connectivity index (χ3v) is 4.82. The topological polar surface area (TPSA) is 51.2 Å². The molecule has 3 aromatic rings. The van der Waals surface area contributed by atoms with Crippen molar-refractivity contribution >= 4 is 39.8 Å². The molecule has 1 amide bonds. The number of nitrogens with zero attached hydrogens (tertiary/aromatic N) is 1. The van der Waals surface area contributed by atoms with E-state index in [1.54, 1.807) is 17.4 Å². The standard InChI is InChI=1S/C19H18N2O2S2/c1-13(2)23-15-6-3-5-14(11-15)8-9-18(22)21-19-20-16(12-25-19)17-7-4-10-24-17/h3-13H,1-2H3,(H,20,21,22)/b9-8+. The minimum absolute atomic E-state index is 0.116. The predicted octanol–water partition coefficient (Wildman–Crippen LogP) is 5.31. The van der Waals surface area contributed by atoms with E-state index >= 15 is 0 Å². The zero-order valence-corrected chi connectivity index (χ0v) is 15.6. The first-order chi connectivity index (χ1) is 12.1. The molecule has 0 unspecified atom stereocenters. The number of rotatable bonds is 6. The van der Waals surface area contributed by atoms with Crippen LogP contribution in [0.25, 0.3) is 16.6 Å². The van der Waals surface area contributed by atoms with Crippen LogP contribution in [0.3, 0.4) is 0 Å². The van der Waals surface area contributed by atoms with Crippen molar-refractivity contribution < 1.29 is 9.53 Å². The van der Waals surface area contributed by atoms with Crippen LogP contribution in [-0.2, 0) is 4.79 Å². The second-order valence-electron chi connectivity index (χ2n) is 5.58. The summed E-state index contributed by atoms with van der Waals surface area (Å²) in [6, 6.07) is 11.6. The molecule has 0 fully saturated rings. The Morgan fingerprint density at radius 2 is 2.12 bits per heavy atom. The van der Waals surface area contributed by atoms with Crippen molar-refractivity contribution in [2.75, 3.05) is 5.32 Å². The minimum atomic E-state index is -0.206. The molecule has 0 atom stereocenters. The maximum atomic E-state index is 12.1. The van der Waals surface area contributed by atoms with Crippen molar-refractivity contribution in [1.82, 2.24) is 4.98 Å². The first-order valence-corrected chi connectivity index (χ1v) is 9.61. The van der Waals surface area contributed by atoms with Gasteiger partial charge in [-0.05, 0) is 49.1 Å². The fourth-order valence-corrected chi connectivity index (χ4v) is 3.63. The molecular weight excluding hydrogens is 352 g/mol. The lowest BCUT2D eigenvalue weighted by molar-refractivity contribution is -0.111. The van der Waals surface area contributed by atoms with Crippen molar-refractivity contribution in [3.63, 3.8) is 0 Å². The van der Waals surface area contributed by atoms with Gasteiger partial charge in [0.25, 0.3) is 0 Å². The summed E-state index contributed by atoms with van der Waals surface area (Å²) in [6.07, 6.45) is 3.38. The van der Waals surface area contributed by atoms with Crippen LogP contribution in [0.1, 0.15) is 19.4 Å². The second kappa shape index (κ2) is 8.09. The van der Waals surface area contributed by atoms with Gasteiger partial charge in [-0.3, -0.25) is 10.1 Å². The van der Waals surface area contributed by atoms with Gasteiger partial charge in [-0.2, -0.15) is 0 Å². The molecular formula is C19H18N2O2S2. The van der Waals surface area contributed by atoms with Gasteiger partial charge >= 0.3 is 0 Å². The number of carbonyl (C=O) groups is 1. The van der Waals surface area contributed by atoms with Crippen molar-refractivity contribution in [1.29, 1.82) is 0 Å². The van der Waals surface area contributed by atoms with Gasteiger partial charge in [-0.25, -0.2) is 4.98 Å². The summed E-state index contributed by atoms with van der Waals surface area (Å²) >= 11 is 3.04. The van der Waals surface area contributed by atoms with E-state index in [1.165, 1.54) is 17.4 Å². The summed E-state index contributed by atoms with van der Waals surface area (Å²) in [4.78, 5) is 17.6. The van der Waals surface area contributed by atoms with E-state index in [-0.39, 0.29) is 12.0 Å². The fraction of sp³-hybridized carbons (Fsp3) is 0.158. The van der Waals surface area contributed by atoms with Crippen molar-refractivity contribution in [2.45, 2.75) is 20.0 Å². The number of hydrogen-bond donors (Lipinski definition) is 1. The molecule has 0 saturated carbocycles. The molecule has 0 spiro atoms. The van der Waals surface area contributed by atoms with Gasteiger partial charge in [0.15, 0.2) is 5.13 Å². The number of amides is 1. The van der Waals surface area contributed by atoms with E-state index < -0.39 is 0 Å². The van der Waals surface area contributed by atoms with Gasteiger partial charge in [-0.1, -0.05) is 18.2 Å². The number of aromatic nitrogens is 1. The summed E-state index contributed by atoms with van der Waals surface area (Å²) in [5.74, 6) is 0.584. The monoisotopic (exact) mass is 370 g/mol. The fourth-order valence-electron chi connectivity index (χ4n) is 2.15. The molecule has 0 aliphatic heterocycles. The average molecular weight is 370 g/mol. The minimum Gasteiger partial charge on any atom is -0.491 e. The average Bonchev–Trinajstić information content (AvgIpc) is 3.24. The van der Waals surface area contributed by atoms with Crippen LogP contribution in [0.15, 0.2) is 53.2 Å². The highest BCUT2D eigenvalue weighted by Crippen LogP contribution is 2.28. The number of anilines is 1. The van der Waals surface area contributed by atoms with Crippen LogP contribution in [0.5, 0.6) is 5.75 Å². The van der Waals surface area contributed by atoms with E-state index in [9.17, 15) is 4.79 Å². The van der Waals surface area contributed by atoms with E-state index in [4.69, 9.17) is 4.74 Å². The van der Waals surface area contributed by atoms with E-state index in [2.05, 4.69) is 10.3 Å². The Bertz CT molecular complexity index is 867. The van der Waals surface area contributed by atoms with Gasteiger partial charge < -0.3 is 4.74 Å². The SMILES string of the molecule is CC(C)Oc1cccc(/C=C/C(=O)Nc2nc(-c3cccs3)cs2)c1. The van der Waals surface area contributed by atoms with Crippen LogP contribution in [0.2, 0.25) is 0 Å². The normalized spacial score (nSPS) is 11.2. The molecule has 4 nitrogen and oxygen atoms in total. The van der Waals surface area contributed by atoms with Crippen molar-refractivity contribution in [2.24, 2.45) is 0 Å². The van der Waals surface area contributed by atoms with Crippen LogP contribution in [0.4, 0.5) is 5.13 Å². The molecule has 0 saturated heterocycles. The molecule has 1 aromatic carbocycles. The van der Waals surface area contributed by atoms with Crippen LogP contribution >= 0.6 is 22.7 Å². The largest absolute Gasteiger partial charge is 0.491 e. The van der Waals surface area contributed by atoms with Gasteiger partial charge in [0.05, 0.1) is 16.7 Å². The van der Waals surface area contributed by atoms with Crippen molar-refractivity contribution in [3.8, 4) is 16.3 Å². The lowest BCUT2D eigenvalue weighted by atomic mass is 10.2. The van der Waals surface area contributed by atoms with Crippen LogP contribution < -0.4 is 10.1 Å². The van der Waals surface area contributed by atoms with Gasteiger partial charge in [-0.15, -0.1) is 22.7 Å². The highest BCUT2D eigenvalue weighted by atomic mass is 32.1.